The number of benzene rings is 1. The van der Waals surface area contributed by atoms with E-state index >= 15 is 0 Å². The molecule has 1 fully saturated rings. The Morgan fingerprint density at radius 3 is 2.73 bits per heavy atom. The monoisotopic (exact) mass is 300 g/mol. The lowest BCUT2D eigenvalue weighted by molar-refractivity contribution is 0.0738. The summed E-state index contributed by atoms with van der Waals surface area (Å²) in [4.78, 5) is 16.3. The van der Waals surface area contributed by atoms with Gasteiger partial charge in [0.15, 0.2) is 0 Å². The minimum atomic E-state index is -0.0283. The van der Waals surface area contributed by atoms with E-state index in [1.165, 1.54) is 4.80 Å². The van der Waals surface area contributed by atoms with E-state index in [4.69, 9.17) is 0 Å². The summed E-state index contributed by atoms with van der Waals surface area (Å²) in [6.45, 7) is 4.70. The molecule has 2 aromatic rings. The Bertz CT molecular complexity index is 669. The van der Waals surface area contributed by atoms with Gasteiger partial charge < -0.3 is 10.0 Å². The molecule has 3 rings (SSSR count). The van der Waals surface area contributed by atoms with Gasteiger partial charge in [0.05, 0.1) is 23.6 Å². The third-order valence-corrected chi connectivity index (χ3v) is 4.20. The highest BCUT2D eigenvalue weighted by Gasteiger charge is 2.33. The van der Waals surface area contributed by atoms with Crippen LogP contribution in [0.3, 0.4) is 0 Å². The van der Waals surface area contributed by atoms with Crippen LogP contribution in [-0.2, 0) is 0 Å². The summed E-state index contributed by atoms with van der Waals surface area (Å²) in [6, 6.07) is 5.82. The fourth-order valence-corrected chi connectivity index (χ4v) is 3.05. The lowest BCUT2D eigenvalue weighted by Gasteiger charge is -2.23. The minimum absolute atomic E-state index is 0.0283. The van der Waals surface area contributed by atoms with Crippen LogP contribution in [0.4, 0.5) is 0 Å². The van der Waals surface area contributed by atoms with Gasteiger partial charge in [0.1, 0.15) is 0 Å². The van der Waals surface area contributed by atoms with Gasteiger partial charge in [-0.05, 0) is 32.4 Å². The van der Waals surface area contributed by atoms with E-state index in [9.17, 15) is 9.90 Å². The van der Waals surface area contributed by atoms with E-state index in [0.29, 0.717) is 17.8 Å². The van der Waals surface area contributed by atoms with Crippen molar-refractivity contribution in [3.05, 3.63) is 41.7 Å². The van der Waals surface area contributed by atoms with Crippen LogP contribution in [0.15, 0.2) is 30.6 Å². The molecule has 0 saturated carbocycles. The SMILES string of the molecule is Cc1ccc(-n2nccn2)c(C(=O)N2CC(CO)CC2C)c1. The number of likely N-dealkylation sites (tertiary alicyclic amines) is 1. The molecule has 22 heavy (non-hydrogen) atoms. The Labute approximate surface area is 129 Å². The van der Waals surface area contributed by atoms with E-state index in [1.54, 1.807) is 12.4 Å². The topological polar surface area (TPSA) is 71.2 Å². The van der Waals surface area contributed by atoms with E-state index < -0.39 is 0 Å². The molecule has 0 bridgehead atoms. The number of aryl methyl sites for hydroxylation is 1. The molecule has 1 aromatic heterocycles. The van der Waals surface area contributed by atoms with E-state index in [-0.39, 0.29) is 24.5 Å². The number of carbonyl (C=O) groups excluding carboxylic acids is 1. The zero-order valence-electron chi connectivity index (χ0n) is 12.8. The smallest absolute Gasteiger partial charge is 0.256 e. The van der Waals surface area contributed by atoms with Crippen LogP contribution >= 0.6 is 0 Å². The normalized spacial score (nSPS) is 21.3. The molecule has 6 nitrogen and oxygen atoms in total. The zero-order valence-corrected chi connectivity index (χ0v) is 12.8. The molecule has 0 aliphatic carbocycles. The third-order valence-electron chi connectivity index (χ3n) is 4.20. The molecule has 2 atom stereocenters. The predicted octanol–water partition coefficient (Wildman–Crippen LogP) is 1.42. The molecule has 1 N–H and O–H groups in total. The minimum Gasteiger partial charge on any atom is -0.396 e. The van der Waals surface area contributed by atoms with Crippen molar-refractivity contribution >= 4 is 5.91 Å². The van der Waals surface area contributed by atoms with Crippen LogP contribution in [0.2, 0.25) is 0 Å². The summed E-state index contributed by atoms with van der Waals surface area (Å²) in [5, 5.41) is 17.6. The second-order valence-corrected chi connectivity index (χ2v) is 5.93. The highest BCUT2D eigenvalue weighted by atomic mass is 16.3. The summed E-state index contributed by atoms with van der Waals surface area (Å²) >= 11 is 0. The average Bonchev–Trinajstić information content (AvgIpc) is 3.15. The molecule has 0 radical (unpaired) electrons. The van der Waals surface area contributed by atoms with Gasteiger partial charge in [0, 0.05) is 25.1 Å². The van der Waals surface area contributed by atoms with Gasteiger partial charge in [-0.2, -0.15) is 15.0 Å². The maximum Gasteiger partial charge on any atom is 0.256 e. The summed E-state index contributed by atoms with van der Waals surface area (Å²) in [5.41, 5.74) is 2.30. The molecule has 6 heteroatoms. The van der Waals surface area contributed by atoms with Crippen molar-refractivity contribution in [2.24, 2.45) is 5.92 Å². The summed E-state index contributed by atoms with van der Waals surface area (Å²) < 4.78 is 0. The number of nitrogens with zero attached hydrogens (tertiary/aromatic N) is 4. The van der Waals surface area contributed by atoms with Crippen LogP contribution in [0.5, 0.6) is 0 Å². The van der Waals surface area contributed by atoms with Crippen molar-refractivity contribution in [2.45, 2.75) is 26.3 Å². The van der Waals surface area contributed by atoms with Crippen LogP contribution in [0, 0.1) is 12.8 Å². The first-order valence-electron chi connectivity index (χ1n) is 7.49. The molecule has 2 unspecified atom stereocenters. The van der Waals surface area contributed by atoms with Crippen molar-refractivity contribution in [1.82, 2.24) is 19.9 Å². The molecule has 1 aliphatic heterocycles. The molecular weight excluding hydrogens is 280 g/mol. The van der Waals surface area contributed by atoms with Crippen molar-refractivity contribution in [1.29, 1.82) is 0 Å². The maximum absolute atomic E-state index is 13.0. The van der Waals surface area contributed by atoms with Crippen molar-refractivity contribution in [2.75, 3.05) is 13.2 Å². The quantitative estimate of drug-likeness (QED) is 0.930. The van der Waals surface area contributed by atoms with Gasteiger partial charge in [0.2, 0.25) is 0 Å². The average molecular weight is 300 g/mol. The van der Waals surface area contributed by atoms with Gasteiger partial charge in [-0.25, -0.2) is 0 Å². The first-order valence-corrected chi connectivity index (χ1v) is 7.49. The number of carbonyl (C=O) groups is 1. The molecule has 1 aromatic carbocycles. The molecular formula is C16H20N4O2. The number of amides is 1. The first-order chi connectivity index (χ1) is 10.6. The van der Waals surface area contributed by atoms with E-state index in [1.807, 2.05) is 36.9 Å². The lowest BCUT2D eigenvalue weighted by atomic mass is 10.1. The Hall–Kier alpha value is -2.21. The maximum atomic E-state index is 13.0. The first kappa shape index (κ1) is 14.7. The van der Waals surface area contributed by atoms with Gasteiger partial charge in [-0.3, -0.25) is 4.79 Å². The van der Waals surface area contributed by atoms with Crippen molar-refractivity contribution < 1.29 is 9.90 Å². The van der Waals surface area contributed by atoms with Crippen molar-refractivity contribution in [3.63, 3.8) is 0 Å². The Balaban J connectivity index is 1.97. The van der Waals surface area contributed by atoms with Gasteiger partial charge in [-0.15, -0.1) is 0 Å². The standard InChI is InChI=1S/C16H20N4O2/c1-11-3-4-15(20-17-5-6-18-20)14(7-11)16(22)19-9-13(10-21)8-12(19)2/h3-7,12-13,21H,8-10H2,1-2H3. The third kappa shape index (κ3) is 2.62. The predicted molar refractivity (Wildman–Crippen MR) is 81.8 cm³/mol. The second kappa shape index (κ2) is 5.88. The highest BCUT2D eigenvalue weighted by Crippen LogP contribution is 2.26. The summed E-state index contributed by atoms with van der Waals surface area (Å²) in [5.74, 6) is 0.134. The number of rotatable bonds is 3. The molecule has 1 saturated heterocycles. The lowest BCUT2D eigenvalue weighted by Crippen LogP contribution is -2.35. The van der Waals surface area contributed by atoms with Gasteiger partial charge in [0.25, 0.3) is 5.91 Å². The number of hydrogen-bond donors (Lipinski definition) is 1. The highest BCUT2D eigenvalue weighted by molar-refractivity contribution is 5.98. The molecule has 116 valence electrons. The second-order valence-electron chi connectivity index (χ2n) is 5.93. The largest absolute Gasteiger partial charge is 0.396 e. The van der Waals surface area contributed by atoms with Gasteiger partial charge >= 0.3 is 0 Å². The van der Waals surface area contributed by atoms with E-state index in [0.717, 1.165) is 12.0 Å². The molecule has 1 amide bonds. The fourth-order valence-electron chi connectivity index (χ4n) is 3.05. The number of aliphatic hydroxyl groups is 1. The molecule has 1 aliphatic rings. The zero-order chi connectivity index (χ0) is 15.7. The van der Waals surface area contributed by atoms with Crippen LogP contribution in [0.25, 0.3) is 5.69 Å². The Morgan fingerprint density at radius 1 is 1.36 bits per heavy atom. The number of aliphatic hydroxyl groups excluding tert-OH is 1. The van der Waals surface area contributed by atoms with Crippen LogP contribution in [-0.4, -0.2) is 50.1 Å². The summed E-state index contributed by atoms with van der Waals surface area (Å²) in [6.07, 6.45) is 4.02. The van der Waals surface area contributed by atoms with E-state index in [2.05, 4.69) is 10.2 Å². The van der Waals surface area contributed by atoms with Crippen LogP contribution in [0.1, 0.15) is 29.3 Å². The number of hydrogen-bond acceptors (Lipinski definition) is 4. The number of aromatic nitrogens is 3. The van der Waals surface area contributed by atoms with Crippen molar-refractivity contribution in [3.8, 4) is 5.69 Å². The summed E-state index contributed by atoms with van der Waals surface area (Å²) in [7, 11) is 0. The molecule has 2 heterocycles. The van der Waals surface area contributed by atoms with Crippen LogP contribution < -0.4 is 0 Å². The fraction of sp³-hybridized carbons (Fsp3) is 0.438. The Kier molecular flexibility index (Phi) is 3.94. The van der Waals surface area contributed by atoms with Gasteiger partial charge in [-0.1, -0.05) is 11.6 Å². The Morgan fingerprint density at radius 2 is 2.09 bits per heavy atom. The molecule has 0 spiro atoms.